The van der Waals surface area contributed by atoms with E-state index in [4.69, 9.17) is 9.40 Å². The van der Waals surface area contributed by atoms with Crippen molar-refractivity contribution in [3.8, 4) is 0 Å². The fourth-order valence-electron chi connectivity index (χ4n) is 3.22. The highest BCUT2D eigenvalue weighted by Crippen LogP contribution is 2.33. The molecule has 6 nitrogen and oxygen atoms in total. The summed E-state index contributed by atoms with van der Waals surface area (Å²) in [4.78, 5) is 21.5. The summed E-state index contributed by atoms with van der Waals surface area (Å²) in [5, 5.41) is 2.93. The number of oxazole rings is 1. The molecule has 0 unspecified atom stereocenters. The van der Waals surface area contributed by atoms with Crippen LogP contribution in [0.1, 0.15) is 60.6 Å². The summed E-state index contributed by atoms with van der Waals surface area (Å²) in [6.45, 7) is 6.57. The second kappa shape index (κ2) is 5.47. The van der Waals surface area contributed by atoms with Crippen molar-refractivity contribution in [2.75, 3.05) is 0 Å². The maximum Gasteiger partial charge on any atom is 0.221 e. The molecule has 0 bridgehead atoms. The first kappa shape index (κ1) is 14.9. The summed E-state index contributed by atoms with van der Waals surface area (Å²) in [7, 11) is 0. The van der Waals surface area contributed by atoms with Crippen LogP contribution < -0.4 is 5.32 Å². The fourth-order valence-corrected chi connectivity index (χ4v) is 3.22. The van der Waals surface area contributed by atoms with Crippen LogP contribution in [-0.2, 0) is 11.3 Å². The van der Waals surface area contributed by atoms with E-state index >= 15 is 0 Å². The van der Waals surface area contributed by atoms with E-state index < -0.39 is 0 Å². The lowest BCUT2D eigenvalue weighted by Crippen LogP contribution is -2.21. The van der Waals surface area contributed by atoms with Crippen molar-refractivity contribution in [1.29, 1.82) is 0 Å². The van der Waals surface area contributed by atoms with Gasteiger partial charge >= 0.3 is 0 Å². The number of nitrogens with zero attached hydrogens (tertiary/aromatic N) is 3. The van der Waals surface area contributed by atoms with Crippen LogP contribution in [0, 0.1) is 6.92 Å². The molecular weight excluding hydrogens is 304 g/mol. The number of aromatic nitrogens is 3. The first-order valence-electron chi connectivity index (χ1n) is 8.22. The van der Waals surface area contributed by atoms with Crippen LogP contribution in [0.4, 0.5) is 0 Å². The number of nitrogens with one attached hydrogen (secondary N) is 1. The number of hydrogen-bond acceptors (Lipinski definition) is 4. The molecule has 1 N–H and O–H groups in total. The van der Waals surface area contributed by atoms with Crippen LogP contribution >= 0.6 is 0 Å². The molecule has 1 amide bonds. The zero-order valence-electron chi connectivity index (χ0n) is 14.0. The molecule has 0 saturated heterocycles. The number of rotatable bonds is 2. The standard InChI is InChI=1S/C18H20N4O2/c1-10(2)18-21-14(9-24-18)12-6-16(23)19-7-13-17(12)22-8-11(3)4-5-15(22)20-13/h4-5,8-10,12H,6-7H2,1-3H3,(H,19,23)/t12-/m0/s1. The summed E-state index contributed by atoms with van der Waals surface area (Å²) in [6.07, 6.45) is 4.09. The van der Waals surface area contributed by atoms with Crippen molar-refractivity contribution in [2.24, 2.45) is 0 Å². The van der Waals surface area contributed by atoms with Crippen molar-refractivity contribution in [3.05, 3.63) is 53.1 Å². The first-order valence-corrected chi connectivity index (χ1v) is 8.22. The average Bonchev–Trinajstić information content (AvgIpc) is 3.12. The smallest absolute Gasteiger partial charge is 0.221 e. The van der Waals surface area contributed by atoms with Gasteiger partial charge in [0.25, 0.3) is 0 Å². The maximum absolute atomic E-state index is 12.2. The number of fused-ring (bicyclic) bond motifs is 3. The molecule has 3 aromatic heterocycles. The minimum absolute atomic E-state index is 0.00787. The van der Waals surface area contributed by atoms with E-state index in [-0.39, 0.29) is 17.7 Å². The van der Waals surface area contributed by atoms with Crippen LogP contribution in [0.25, 0.3) is 5.65 Å². The van der Waals surface area contributed by atoms with Crippen LogP contribution in [-0.4, -0.2) is 20.3 Å². The molecule has 24 heavy (non-hydrogen) atoms. The number of pyridine rings is 1. The highest BCUT2D eigenvalue weighted by molar-refractivity contribution is 5.78. The van der Waals surface area contributed by atoms with Gasteiger partial charge in [0, 0.05) is 18.5 Å². The minimum atomic E-state index is -0.157. The molecular formula is C18H20N4O2. The molecule has 1 aliphatic heterocycles. The van der Waals surface area contributed by atoms with E-state index in [0.29, 0.717) is 18.9 Å². The minimum Gasteiger partial charge on any atom is -0.448 e. The molecule has 0 fully saturated rings. The van der Waals surface area contributed by atoms with Crippen LogP contribution in [0.15, 0.2) is 29.0 Å². The fraction of sp³-hybridized carbons (Fsp3) is 0.389. The van der Waals surface area contributed by atoms with E-state index in [1.54, 1.807) is 6.26 Å². The predicted octanol–water partition coefficient (Wildman–Crippen LogP) is 2.91. The molecule has 0 spiro atoms. The van der Waals surface area contributed by atoms with Gasteiger partial charge in [-0.05, 0) is 18.6 Å². The largest absolute Gasteiger partial charge is 0.448 e. The summed E-state index contributed by atoms with van der Waals surface area (Å²) >= 11 is 0. The van der Waals surface area contributed by atoms with Gasteiger partial charge in [-0.25, -0.2) is 9.97 Å². The molecule has 0 saturated carbocycles. The first-order chi connectivity index (χ1) is 11.5. The Morgan fingerprint density at radius 3 is 2.92 bits per heavy atom. The van der Waals surface area contributed by atoms with Crippen molar-refractivity contribution in [2.45, 2.75) is 45.6 Å². The third-order valence-electron chi connectivity index (χ3n) is 4.44. The van der Waals surface area contributed by atoms with E-state index in [2.05, 4.69) is 20.9 Å². The monoisotopic (exact) mass is 324 g/mol. The SMILES string of the molecule is Cc1ccc2nc3c(n2c1)[C@H](c1coc(C(C)C)n1)CC(=O)NC3. The lowest BCUT2D eigenvalue weighted by atomic mass is 9.97. The molecule has 0 radical (unpaired) electrons. The Hall–Kier alpha value is -2.63. The number of aryl methyl sites for hydroxylation is 1. The lowest BCUT2D eigenvalue weighted by Gasteiger charge is -2.12. The topological polar surface area (TPSA) is 72.4 Å². The Morgan fingerprint density at radius 2 is 2.17 bits per heavy atom. The van der Waals surface area contributed by atoms with Gasteiger partial charge in [-0.1, -0.05) is 19.9 Å². The van der Waals surface area contributed by atoms with Gasteiger partial charge in [0.15, 0.2) is 5.89 Å². The molecule has 0 aliphatic carbocycles. The van der Waals surface area contributed by atoms with Crippen molar-refractivity contribution >= 4 is 11.6 Å². The van der Waals surface area contributed by atoms with Gasteiger partial charge in [0.2, 0.25) is 5.91 Å². The quantitative estimate of drug-likeness (QED) is 0.787. The average molecular weight is 324 g/mol. The number of hydrogen-bond donors (Lipinski definition) is 1. The molecule has 124 valence electrons. The highest BCUT2D eigenvalue weighted by Gasteiger charge is 2.31. The number of carbonyl (C=O) groups is 1. The van der Waals surface area contributed by atoms with Crippen molar-refractivity contribution in [1.82, 2.24) is 19.7 Å². The van der Waals surface area contributed by atoms with Crippen molar-refractivity contribution < 1.29 is 9.21 Å². The molecule has 6 heteroatoms. The summed E-state index contributed by atoms with van der Waals surface area (Å²) in [5.41, 5.74) is 4.74. The summed E-state index contributed by atoms with van der Waals surface area (Å²) < 4.78 is 7.69. The Bertz CT molecular complexity index is 922. The Morgan fingerprint density at radius 1 is 1.33 bits per heavy atom. The van der Waals surface area contributed by atoms with Gasteiger partial charge < -0.3 is 14.1 Å². The van der Waals surface area contributed by atoms with Gasteiger partial charge in [0.1, 0.15) is 11.9 Å². The second-order valence-corrected chi connectivity index (χ2v) is 6.68. The molecule has 1 atom stereocenters. The second-order valence-electron chi connectivity index (χ2n) is 6.68. The van der Waals surface area contributed by atoms with E-state index in [1.807, 2.05) is 32.9 Å². The number of amides is 1. The predicted molar refractivity (Wildman–Crippen MR) is 88.8 cm³/mol. The zero-order chi connectivity index (χ0) is 16.8. The molecule has 4 heterocycles. The Labute approximate surface area is 139 Å². The van der Waals surface area contributed by atoms with E-state index in [0.717, 1.165) is 28.3 Å². The molecule has 3 aromatic rings. The summed E-state index contributed by atoms with van der Waals surface area (Å²) in [5.74, 6) is 0.757. The Kier molecular flexibility index (Phi) is 3.40. The van der Waals surface area contributed by atoms with Gasteiger partial charge in [-0.15, -0.1) is 0 Å². The van der Waals surface area contributed by atoms with Gasteiger partial charge in [0.05, 0.1) is 29.5 Å². The lowest BCUT2D eigenvalue weighted by molar-refractivity contribution is -0.121. The third kappa shape index (κ3) is 2.38. The Balaban J connectivity index is 1.91. The van der Waals surface area contributed by atoms with Crippen LogP contribution in [0.3, 0.4) is 0 Å². The van der Waals surface area contributed by atoms with E-state index in [9.17, 15) is 4.79 Å². The molecule has 0 aromatic carbocycles. The third-order valence-corrected chi connectivity index (χ3v) is 4.44. The maximum atomic E-state index is 12.2. The van der Waals surface area contributed by atoms with Crippen LogP contribution in [0.5, 0.6) is 0 Å². The van der Waals surface area contributed by atoms with Gasteiger partial charge in [-0.3, -0.25) is 4.79 Å². The molecule has 4 rings (SSSR count). The number of carbonyl (C=O) groups excluding carboxylic acids is 1. The van der Waals surface area contributed by atoms with E-state index in [1.165, 1.54) is 0 Å². The zero-order valence-corrected chi connectivity index (χ0v) is 14.0. The van der Waals surface area contributed by atoms with Crippen LogP contribution in [0.2, 0.25) is 0 Å². The molecule has 1 aliphatic rings. The number of imidazole rings is 1. The normalized spacial score (nSPS) is 17.8. The summed E-state index contributed by atoms with van der Waals surface area (Å²) in [6, 6.07) is 4.05. The van der Waals surface area contributed by atoms with Crippen molar-refractivity contribution in [3.63, 3.8) is 0 Å². The highest BCUT2D eigenvalue weighted by atomic mass is 16.3. The van der Waals surface area contributed by atoms with Gasteiger partial charge in [-0.2, -0.15) is 0 Å².